The van der Waals surface area contributed by atoms with Crippen molar-refractivity contribution in [3.8, 4) is 0 Å². The third kappa shape index (κ3) is 2.06. The molecule has 0 bridgehead atoms. The Kier molecular flexibility index (Phi) is 3.14. The minimum absolute atomic E-state index is 0.323. The molecule has 2 nitrogen and oxygen atoms in total. The van der Waals surface area contributed by atoms with Crippen molar-refractivity contribution in [3.63, 3.8) is 0 Å². The number of thiophene rings is 1. The molecule has 1 atom stereocenters. The SMILES string of the molecule is NC(c1cc2c(s1)CCCC2)c1ccncc1F. The number of rotatable bonds is 2. The summed E-state index contributed by atoms with van der Waals surface area (Å²) in [6, 6.07) is 3.45. The Balaban J connectivity index is 1.95. The molecular formula is C14H15FN2S. The van der Waals surface area contributed by atoms with Gasteiger partial charge < -0.3 is 5.73 Å². The molecule has 3 rings (SSSR count). The van der Waals surface area contributed by atoms with Crippen LogP contribution in [0.5, 0.6) is 0 Å². The quantitative estimate of drug-likeness (QED) is 0.902. The zero-order valence-corrected chi connectivity index (χ0v) is 10.8. The Bertz CT molecular complexity index is 541. The van der Waals surface area contributed by atoms with E-state index in [1.165, 1.54) is 29.5 Å². The van der Waals surface area contributed by atoms with Crippen molar-refractivity contribution in [3.05, 3.63) is 51.2 Å². The van der Waals surface area contributed by atoms with Crippen molar-refractivity contribution < 1.29 is 4.39 Å². The lowest BCUT2D eigenvalue weighted by molar-refractivity contribution is 0.594. The van der Waals surface area contributed by atoms with E-state index in [1.54, 1.807) is 23.6 Å². The molecule has 0 aromatic carbocycles. The standard InChI is InChI=1S/C14H15FN2S/c15-11-8-17-6-5-10(11)14(16)13-7-9-3-1-2-4-12(9)18-13/h5-8,14H,1-4,16H2. The van der Waals surface area contributed by atoms with Gasteiger partial charge in [-0.05, 0) is 43.4 Å². The summed E-state index contributed by atoms with van der Waals surface area (Å²) in [5.41, 5.74) is 8.11. The van der Waals surface area contributed by atoms with Crippen molar-refractivity contribution in [1.82, 2.24) is 4.98 Å². The molecule has 4 heteroatoms. The summed E-state index contributed by atoms with van der Waals surface area (Å²) < 4.78 is 13.7. The van der Waals surface area contributed by atoms with Crippen LogP contribution in [-0.2, 0) is 12.8 Å². The molecule has 94 valence electrons. The van der Waals surface area contributed by atoms with E-state index in [0.29, 0.717) is 5.56 Å². The predicted molar refractivity (Wildman–Crippen MR) is 71.2 cm³/mol. The summed E-state index contributed by atoms with van der Waals surface area (Å²) >= 11 is 1.73. The topological polar surface area (TPSA) is 38.9 Å². The maximum Gasteiger partial charge on any atom is 0.146 e. The van der Waals surface area contributed by atoms with Crippen LogP contribution in [0.4, 0.5) is 4.39 Å². The van der Waals surface area contributed by atoms with Gasteiger partial charge in [0.15, 0.2) is 0 Å². The number of nitrogens with zero attached hydrogens (tertiary/aromatic N) is 1. The van der Waals surface area contributed by atoms with Gasteiger partial charge in [0.1, 0.15) is 5.82 Å². The van der Waals surface area contributed by atoms with Gasteiger partial charge in [-0.2, -0.15) is 0 Å². The highest BCUT2D eigenvalue weighted by Crippen LogP contribution is 2.34. The largest absolute Gasteiger partial charge is 0.320 e. The van der Waals surface area contributed by atoms with E-state index in [-0.39, 0.29) is 11.9 Å². The number of nitrogens with two attached hydrogens (primary N) is 1. The molecule has 1 unspecified atom stereocenters. The lowest BCUT2D eigenvalue weighted by atomic mass is 9.98. The Morgan fingerprint density at radius 3 is 2.94 bits per heavy atom. The van der Waals surface area contributed by atoms with Crippen LogP contribution in [0.2, 0.25) is 0 Å². The lowest BCUT2D eigenvalue weighted by Gasteiger charge is -2.10. The van der Waals surface area contributed by atoms with Gasteiger partial charge in [-0.15, -0.1) is 11.3 Å². The van der Waals surface area contributed by atoms with Gasteiger partial charge in [0.25, 0.3) is 0 Å². The first kappa shape index (κ1) is 11.8. The van der Waals surface area contributed by atoms with Crippen LogP contribution in [0.1, 0.15) is 39.8 Å². The van der Waals surface area contributed by atoms with E-state index >= 15 is 0 Å². The van der Waals surface area contributed by atoms with Gasteiger partial charge in [-0.3, -0.25) is 4.98 Å². The number of halogens is 1. The Morgan fingerprint density at radius 1 is 1.33 bits per heavy atom. The van der Waals surface area contributed by atoms with E-state index < -0.39 is 0 Å². The fraction of sp³-hybridized carbons (Fsp3) is 0.357. The van der Waals surface area contributed by atoms with Crippen LogP contribution >= 0.6 is 11.3 Å². The molecule has 2 aromatic rings. The van der Waals surface area contributed by atoms with Gasteiger partial charge in [0.2, 0.25) is 0 Å². The van der Waals surface area contributed by atoms with E-state index in [9.17, 15) is 4.39 Å². The number of hydrogen-bond acceptors (Lipinski definition) is 3. The second-order valence-electron chi connectivity index (χ2n) is 4.68. The number of pyridine rings is 1. The molecule has 0 aliphatic heterocycles. The highest BCUT2D eigenvalue weighted by molar-refractivity contribution is 7.12. The molecular weight excluding hydrogens is 247 g/mol. The molecule has 0 saturated carbocycles. The molecule has 2 heterocycles. The third-order valence-electron chi connectivity index (χ3n) is 3.46. The Hall–Kier alpha value is -1.26. The minimum Gasteiger partial charge on any atom is -0.320 e. The highest BCUT2D eigenvalue weighted by atomic mass is 32.1. The molecule has 2 aromatic heterocycles. The van der Waals surface area contributed by atoms with Gasteiger partial charge in [0, 0.05) is 21.5 Å². The van der Waals surface area contributed by atoms with Crippen LogP contribution in [0, 0.1) is 5.82 Å². The molecule has 0 radical (unpaired) electrons. The van der Waals surface area contributed by atoms with Gasteiger partial charge in [-0.1, -0.05) is 0 Å². The second kappa shape index (κ2) is 4.78. The summed E-state index contributed by atoms with van der Waals surface area (Å²) in [5, 5.41) is 0. The fourth-order valence-electron chi connectivity index (χ4n) is 2.46. The summed E-state index contributed by atoms with van der Waals surface area (Å²) in [5.74, 6) is -0.323. The monoisotopic (exact) mass is 262 g/mol. The Morgan fingerprint density at radius 2 is 2.17 bits per heavy atom. The van der Waals surface area contributed by atoms with Crippen LogP contribution in [-0.4, -0.2) is 4.98 Å². The Labute approximate surface area is 110 Å². The fourth-order valence-corrected chi connectivity index (χ4v) is 3.74. The average Bonchev–Trinajstić information content (AvgIpc) is 2.82. The van der Waals surface area contributed by atoms with Gasteiger partial charge >= 0.3 is 0 Å². The minimum atomic E-state index is -0.372. The van der Waals surface area contributed by atoms with Crippen LogP contribution in [0.25, 0.3) is 0 Å². The highest BCUT2D eigenvalue weighted by Gasteiger charge is 2.19. The lowest BCUT2D eigenvalue weighted by Crippen LogP contribution is -2.12. The first-order valence-corrected chi connectivity index (χ1v) is 7.04. The van der Waals surface area contributed by atoms with Crippen molar-refractivity contribution in [2.24, 2.45) is 5.73 Å². The maximum absolute atomic E-state index is 13.7. The van der Waals surface area contributed by atoms with Gasteiger partial charge in [0.05, 0.1) is 12.2 Å². The van der Waals surface area contributed by atoms with Crippen LogP contribution in [0.15, 0.2) is 24.5 Å². The van der Waals surface area contributed by atoms with E-state index in [1.807, 2.05) is 0 Å². The van der Waals surface area contributed by atoms with Crippen molar-refractivity contribution in [1.29, 1.82) is 0 Å². The molecule has 2 N–H and O–H groups in total. The molecule has 0 amide bonds. The van der Waals surface area contributed by atoms with Crippen molar-refractivity contribution in [2.45, 2.75) is 31.7 Å². The van der Waals surface area contributed by atoms with E-state index in [4.69, 9.17) is 5.73 Å². The number of hydrogen-bond donors (Lipinski definition) is 1. The molecule has 0 fully saturated rings. The number of aromatic nitrogens is 1. The van der Waals surface area contributed by atoms with Gasteiger partial charge in [-0.25, -0.2) is 4.39 Å². The molecule has 0 spiro atoms. The zero-order chi connectivity index (χ0) is 12.5. The zero-order valence-electron chi connectivity index (χ0n) is 10.0. The van der Waals surface area contributed by atoms with Crippen LogP contribution in [0.3, 0.4) is 0 Å². The normalized spacial score (nSPS) is 16.3. The third-order valence-corrected chi connectivity index (χ3v) is 4.78. The smallest absolute Gasteiger partial charge is 0.146 e. The summed E-state index contributed by atoms with van der Waals surface area (Å²) in [4.78, 5) is 6.25. The first-order valence-electron chi connectivity index (χ1n) is 6.22. The van der Waals surface area contributed by atoms with E-state index in [0.717, 1.165) is 17.7 Å². The van der Waals surface area contributed by atoms with E-state index in [2.05, 4.69) is 11.1 Å². The summed E-state index contributed by atoms with van der Waals surface area (Å²) in [7, 11) is 0. The number of aryl methyl sites for hydroxylation is 2. The molecule has 1 aliphatic rings. The van der Waals surface area contributed by atoms with Crippen LogP contribution < -0.4 is 5.73 Å². The average molecular weight is 262 g/mol. The first-order chi connectivity index (χ1) is 8.75. The van der Waals surface area contributed by atoms with Crippen molar-refractivity contribution in [2.75, 3.05) is 0 Å². The molecule has 18 heavy (non-hydrogen) atoms. The molecule has 1 aliphatic carbocycles. The second-order valence-corrected chi connectivity index (χ2v) is 5.85. The van der Waals surface area contributed by atoms with Crippen molar-refractivity contribution >= 4 is 11.3 Å². The summed E-state index contributed by atoms with van der Waals surface area (Å²) in [6.45, 7) is 0. The predicted octanol–water partition coefficient (Wildman–Crippen LogP) is 3.21. The summed E-state index contributed by atoms with van der Waals surface area (Å²) in [6.07, 6.45) is 7.60. The molecule has 0 saturated heterocycles. The number of fused-ring (bicyclic) bond motifs is 1. The maximum atomic E-state index is 13.7.